The molecule has 0 aliphatic carbocycles. The molecule has 5 aromatic heterocycles. The Kier molecular flexibility index (Phi) is 13.7. The Hall–Kier alpha value is -4.88. The maximum absolute atomic E-state index is 11.5. The van der Waals surface area contributed by atoms with Gasteiger partial charge in [0, 0.05) is 38.7 Å². The SMILES string of the molecule is CCCCCCc1cc(-c2sc(-c3cc4sc5cc(/C=C(/C#N)C(=O)O)sc5c4s3)cc2CCCCCC)sc1-c1ccc(C=C(c2ccccc2)c2ccccc2)cc1. The van der Waals surface area contributed by atoms with Gasteiger partial charge in [0.2, 0.25) is 0 Å². The number of fused-ring (bicyclic) bond motifs is 3. The first-order chi connectivity index (χ1) is 29.4. The molecule has 5 heterocycles. The molecule has 1 N–H and O–H groups in total. The predicted octanol–water partition coefficient (Wildman–Crippen LogP) is 17.1. The minimum Gasteiger partial charge on any atom is -0.477 e. The van der Waals surface area contributed by atoms with Crippen molar-refractivity contribution >= 4 is 99.2 Å². The molecule has 0 atom stereocenters. The molecular weight excluding hydrogens is 831 g/mol. The molecule has 0 saturated carbocycles. The average Bonchev–Trinajstić information content (AvgIpc) is 4.11. The second kappa shape index (κ2) is 19.7. The standard InChI is InChI=1S/C52H47NO2S5/c1-3-5-7-11-21-38-30-45(60-48(38)37-25-23-34(24-26-37)27-42(35-17-13-9-14-18-35)36-19-15-10-16-20-36)49-39(22-12-8-6-4-2)29-43(58-49)44-32-47-51(59-44)50-46(57-47)31-41(56-50)28-40(33-53)52(54)55/h9-10,13-20,23-32H,3-8,11-12,21-22H2,1-2H3,(H,54,55)/b40-28-. The van der Waals surface area contributed by atoms with E-state index in [-0.39, 0.29) is 5.57 Å². The van der Waals surface area contributed by atoms with Crippen LogP contribution in [0.1, 0.15) is 97.9 Å². The van der Waals surface area contributed by atoms with Gasteiger partial charge in [-0.15, -0.1) is 56.7 Å². The molecule has 8 aromatic rings. The Labute approximate surface area is 373 Å². The number of thiophene rings is 5. The molecule has 302 valence electrons. The molecule has 0 saturated heterocycles. The number of carboxylic acid groups (broad SMARTS) is 1. The van der Waals surface area contributed by atoms with Crippen molar-refractivity contribution in [2.24, 2.45) is 0 Å². The van der Waals surface area contributed by atoms with E-state index < -0.39 is 5.97 Å². The Morgan fingerprint density at radius 1 is 0.600 bits per heavy atom. The number of nitrogens with zero attached hydrogens (tertiary/aromatic N) is 1. The summed E-state index contributed by atoms with van der Waals surface area (Å²) in [7, 11) is 0. The molecule has 0 aliphatic heterocycles. The molecule has 3 nitrogen and oxygen atoms in total. The highest BCUT2D eigenvalue weighted by Gasteiger charge is 2.21. The highest BCUT2D eigenvalue weighted by molar-refractivity contribution is 7.40. The lowest BCUT2D eigenvalue weighted by Crippen LogP contribution is -1.96. The molecule has 0 radical (unpaired) electrons. The van der Waals surface area contributed by atoms with Crippen molar-refractivity contribution in [1.82, 2.24) is 0 Å². The highest BCUT2D eigenvalue weighted by Crippen LogP contribution is 2.50. The minimum atomic E-state index is -1.19. The maximum atomic E-state index is 11.5. The number of benzene rings is 3. The van der Waals surface area contributed by atoms with Crippen LogP contribution in [0.2, 0.25) is 0 Å². The quantitative estimate of drug-likeness (QED) is 0.0404. The monoisotopic (exact) mass is 877 g/mol. The Morgan fingerprint density at radius 3 is 1.78 bits per heavy atom. The van der Waals surface area contributed by atoms with Gasteiger partial charge in [-0.3, -0.25) is 0 Å². The molecule has 0 amide bonds. The zero-order valence-electron chi connectivity index (χ0n) is 34.0. The smallest absolute Gasteiger partial charge is 0.346 e. The van der Waals surface area contributed by atoms with Crippen LogP contribution in [0.3, 0.4) is 0 Å². The second-order valence-electron chi connectivity index (χ2n) is 15.2. The minimum absolute atomic E-state index is 0.240. The molecule has 0 bridgehead atoms. The van der Waals surface area contributed by atoms with Crippen LogP contribution in [0.5, 0.6) is 0 Å². The van der Waals surface area contributed by atoms with Gasteiger partial charge in [0.25, 0.3) is 0 Å². The van der Waals surface area contributed by atoms with Gasteiger partial charge in [-0.05, 0) is 101 Å². The van der Waals surface area contributed by atoms with Gasteiger partial charge in [-0.2, -0.15) is 5.26 Å². The van der Waals surface area contributed by atoms with Crippen LogP contribution in [0.15, 0.2) is 115 Å². The van der Waals surface area contributed by atoms with E-state index in [1.54, 1.807) is 22.7 Å². The molecule has 0 fully saturated rings. The summed E-state index contributed by atoms with van der Waals surface area (Å²) in [4.78, 5) is 19.1. The number of rotatable bonds is 18. The van der Waals surface area contributed by atoms with Crippen molar-refractivity contribution in [2.45, 2.75) is 78.1 Å². The predicted molar refractivity (Wildman–Crippen MR) is 264 cm³/mol. The average molecular weight is 878 g/mol. The van der Waals surface area contributed by atoms with E-state index in [0.29, 0.717) is 0 Å². The van der Waals surface area contributed by atoms with Crippen LogP contribution in [-0.4, -0.2) is 11.1 Å². The van der Waals surface area contributed by atoms with Gasteiger partial charge in [0.05, 0.1) is 9.40 Å². The third-order valence-corrected chi connectivity index (χ3v) is 17.3. The van der Waals surface area contributed by atoms with Gasteiger partial charge < -0.3 is 5.11 Å². The van der Waals surface area contributed by atoms with Gasteiger partial charge in [0.1, 0.15) is 11.6 Å². The van der Waals surface area contributed by atoms with E-state index in [4.69, 9.17) is 0 Å². The maximum Gasteiger partial charge on any atom is 0.346 e. The summed E-state index contributed by atoms with van der Waals surface area (Å²) in [6.07, 6.45) is 15.8. The zero-order valence-corrected chi connectivity index (χ0v) is 38.0. The summed E-state index contributed by atoms with van der Waals surface area (Å²) in [6, 6.07) is 41.7. The number of nitriles is 1. The van der Waals surface area contributed by atoms with Crippen molar-refractivity contribution in [2.75, 3.05) is 0 Å². The number of hydrogen-bond acceptors (Lipinski definition) is 7. The van der Waals surface area contributed by atoms with E-state index in [2.05, 4.69) is 123 Å². The molecule has 3 aromatic carbocycles. The first-order valence-corrected chi connectivity index (χ1v) is 25.0. The number of aliphatic carboxylic acids is 1. The largest absolute Gasteiger partial charge is 0.477 e. The van der Waals surface area contributed by atoms with Crippen molar-refractivity contribution in [3.63, 3.8) is 0 Å². The summed E-state index contributed by atoms with van der Waals surface area (Å²) in [5.74, 6) is -1.19. The number of aryl methyl sites for hydroxylation is 2. The molecule has 8 heteroatoms. The lowest BCUT2D eigenvalue weighted by atomic mass is 9.95. The number of unbranched alkanes of at least 4 members (excludes halogenated alkanes) is 6. The molecule has 8 rings (SSSR count). The summed E-state index contributed by atoms with van der Waals surface area (Å²) in [6.45, 7) is 4.56. The zero-order chi connectivity index (χ0) is 41.4. The number of hydrogen-bond donors (Lipinski definition) is 1. The van der Waals surface area contributed by atoms with Crippen LogP contribution < -0.4 is 0 Å². The summed E-state index contributed by atoms with van der Waals surface area (Å²) in [5, 5.41) is 18.7. The van der Waals surface area contributed by atoms with E-state index in [9.17, 15) is 15.2 Å². The number of carbonyl (C=O) groups is 1. The van der Waals surface area contributed by atoms with Crippen LogP contribution in [-0.2, 0) is 17.6 Å². The Bertz CT molecular complexity index is 2780. The van der Waals surface area contributed by atoms with Gasteiger partial charge in [-0.25, -0.2) is 4.79 Å². The third kappa shape index (κ3) is 9.52. The van der Waals surface area contributed by atoms with Crippen molar-refractivity contribution in [3.8, 4) is 36.0 Å². The Morgan fingerprint density at radius 2 is 1.17 bits per heavy atom. The fourth-order valence-electron chi connectivity index (χ4n) is 7.70. The fourth-order valence-corrected chi connectivity index (χ4v) is 14.3. The van der Waals surface area contributed by atoms with Crippen LogP contribution in [0, 0.1) is 11.3 Å². The van der Waals surface area contributed by atoms with Gasteiger partial charge in [0.15, 0.2) is 0 Å². The molecule has 60 heavy (non-hydrogen) atoms. The normalized spacial score (nSPS) is 11.7. The van der Waals surface area contributed by atoms with Gasteiger partial charge >= 0.3 is 5.97 Å². The first-order valence-electron chi connectivity index (χ1n) is 20.9. The van der Waals surface area contributed by atoms with Gasteiger partial charge in [-0.1, -0.05) is 137 Å². The second-order valence-corrected chi connectivity index (χ2v) is 20.5. The fraction of sp³-hybridized carbons (Fsp3) is 0.231. The first kappa shape index (κ1) is 41.8. The lowest BCUT2D eigenvalue weighted by molar-refractivity contribution is -0.132. The molecular formula is C52H47NO2S5. The van der Waals surface area contributed by atoms with E-state index in [1.165, 1.54) is 135 Å². The van der Waals surface area contributed by atoms with Crippen molar-refractivity contribution < 1.29 is 9.90 Å². The van der Waals surface area contributed by atoms with E-state index >= 15 is 0 Å². The van der Waals surface area contributed by atoms with Crippen molar-refractivity contribution in [3.05, 3.63) is 147 Å². The summed E-state index contributed by atoms with van der Waals surface area (Å²) in [5.41, 5.74) is 8.79. The topological polar surface area (TPSA) is 61.1 Å². The molecule has 0 unspecified atom stereocenters. The highest BCUT2D eigenvalue weighted by atomic mass is 32.1. The molecule has 0 aliphatic rings. The Balaban J connectivity index is 1.15. The third-order valence-electron chi connectivity index (χ3n) is 10.8. The summed E-state index contributed by atoms with van der Waals surface area (Å²) < 4.78 is 4.81. The van der Waals surface area contributed by atoms with Crippen LogP contribution in [0.25, 0.3) is 66.5 Å². The lowest BCUT2D eigenvalue weighted by Gasteiger charge is -2.10. The van der Waals surface area contributed by atoms with Crippen LogP contribution >= 0.6 is 56.7 Å². The van der Waals surface area contributed by atoms with E-state index in [1.807, 2.05) is 46.1 Å². The number of carboxylic acids is 1. The summed E-state index contributed by atoms with van der Waals surface area (Å²) >= 11 is 9.05. The van der Waals surface area contributed by atoms with Crippen molar-refractivity contribution in [1.29, 1.82) is 5.26 Å². The van der Waals surface area contributed by atoms with Crippen LogP contribution in [0.4, 0.5) is 0 Å². The molecule has 0 spiro atoms. The van der Waals surface area contributed by atoms with E-state index in [0.717, 1.165) is 22.4 Å².